The molecule has 0 fully saturated rings. The first-order valence-corrected chi connectivity index (χ1v) is 10.1. The van der Waals surface area contributed by atoms with E-state index in [0.717, 1.165) is 5.32 Å². The maximum absolute atomic E-state index is 13.6. The zero-order valence-corrected chi connectivity index (χ0v) is 17.6. The van der Waals surface area contributed by atoms with E-state index in [-0.39, 0.29) is 13.0 Å². The summed E-state index contributed by atoms with van der Waals surface area (Å²) in [6, 6.07) is -2.91. The first-order valence-electron chi connectivity index (χ1n) is 8.62. The largest absolute Gasteiger partial charge is 0.466 e. The molecule has 8 nitrogen and oxygen atoms in total. The molecule has 2 N–H and O–H groups in total. The van der Waals surface area contributed by atoms with Gasteiger partial charge in [-0.2, -0.15) is 52.3 Å². The average Bonchev–Trinajstić information content (AvgIpc) is 2.63. The molecule has 0 saturated carbocycles. The Balaban J connectivity index is 5.67. The van der Waals surface area contributed by atoms with E-state index in [1.165, 1.54) is 0 Å². The van der Waals surface area contributed by atoms with Gasteiger partial charge in [-0.25, -0.2) is 4.79 Å². The zero-order valence-electron chi connectivity index (χ0n) is 16.8. The molecule has 0 saturated heterocycles. The molecule has 0 aromatic rings. The highest BCUT2D eigenvalue weighted by Gasteiger charge is 2.67. The summed E-state index contributed by atoms with van der Waals surface area (Å²) >= 11 is 0. The summed E-state index contributed by atoms with van der Waals surface area (Å²) in [6.07, 6.45) is -15.5. The molecule has 0 aliphatic heterocycles. The van der Waals surface area contributed by atoms with Crippen molar-refractivity contribution in [2.45, 2.75) is 61.5 Å². The van der Waals surface area contributed by atoms with Gasteiger partial charge < -0.3 is 14.8 Å². The molecule has 0 rings (SSSR count). The lowest BCUT2D eigenvalue weighted by Gasteiger charge is -2.34. The Labute approximate surface area is 185 Å². The van der Waals surface area contributed by atoms with Crippen LogP contribution in [0.4, 0.5) is 43.9 Å². The molecule has 0 heterocycles. The van der Waals surface area contributed by atoms with Crippen molar-refractivity contribution in [3.05, 3.63) is 12.7 Å². The van der Waals surface area contributed by atoms with Crippen LogP contribution in [0.25, 0.3) is 0 Å². The van der Waals surface area contributed by atoms with Crippen LogP contribution in [0, 0.1) is 0 Å². The highest BCUT2D eigenvalue weighted by atomic mass is 32.2. The molecular weight excluding hydrogens is 528 g/mol. The third-order valence-corrected chi connectivity index (χ3v) is 4.81. The van der Waals surface area contributed by atoms with Crippen molar-refractivity contribution in [3.63, 3.8) is 0 Å². The van der Waals surface area contributed by atoms with Crippen LogP contribution in [-0.4, -0.2) is 66.8 Å². The van der Waals surface area contributed by atoms with Gasteiger partial charge in [-0.15, -0.1) is 0 Å². The number of esters is 1. The Morgan fingerprint density at radius 3 is 1.91 bits per heavy atom. The molecule has 200 valence electrons. The molecule has 0 spiro atoms. The Kier molecular flexibility index (Phi) is 9.96. The first kappa shape index (κ1) is 31.9. The number of halogens is 10. The molecule has 0 aliphatic rings. The van der Waals surface area contributed by atoms with Crippen LogP contribution in [0.5, 0.6) is 0 Å². The summed E-state index contributed by atoms with van der Waals surface area (Å²) in [5.74, 6) is -14.8. The number of nitrogens with one attached hydrogen (secondary N) is 1. The van der Waals surface area contributed by atoms with Crippen LogP contribution < -0.4 is 5.32 Å². The van der Waals surface area contributed by atoms with E-state index in [1.807, 2.05) is 0 Å². The maximum atomic E-state index is 13.6. The number of rotatable bonds is 12. The lowest BCUT2D eigenvalue weighted by Crippen LogP contribution is -2.63. The molecule has 0 aromatic carbocycles. The number of hydrogen-bond acceptors (Lipinski definition) is 6. The highest BCUT2D eigenvalue weighted by Crippen LogP contribution is 2.42. The molecule has 0 radical (unpaired) electrons. The van der Waals surface area contributed by atoms with Crippen molar-refractivity contribution < 1.29 is 75.9 Å². The second-order valence-electron chi connectivity index (χ2n) is 6.48. The minimum Gasteiger partial charge on any atom is -0.412 e. The predicted molar refractivity (Wildman–Crippen MR) is 90.0 cm³/mol. The molecule has 0 aliphatic carbocycles. The van der Waals surface area contributed by atoms with Crippen LogP contribution in [0.2, 0.25) is 0 Å². The van der Waals surface area contributed by atoms with Gasteiger partial charge in [-0.05, 0) is 19.8 Å². The van der Waals surface area contributed by atoms with E-state index in [0.29, 0.717) is 0 Å². The minimum absolute atomic E-state index is 0.0856. The van der Waals surface area contributed by atoms with Crippen molar-refractivity contribution >= 4 is 22.0 Å². The second kappa shape index (κ2) is 10.6. The van der Waals surface area contributed by atoms with Gasteiger partial charge in [-0.1, -0.05) is 6.58 Å². The van der Waals surface area contributed by atoms with E-state index in [9.17, 15) is 61.9 Å². The fraction of sp³-hybridized carbons (Fsp3) is 0.733. The van der Waals surface area contributed by atoms with Crippen molar-refractivity contribution in [1.82, 2.24) is 5.32 Å². The van der Waals surface area contributed by atoms with Gasteiger partial charge in [0, 0.05) is 12.5 Å². The SMILES string of the molecule is C=CC(=O)OC(OCCCCC(F)(F)C(F)(F)S(=O)(=O)O)(C(=O)NC(C)C(F)(F)F)C(F)(F)F. The number of unbranched alkanes of at least 4 members (excludes halogenated alkanes) is 1. The number of carbonyl (C=O) groups is 2. The van der Waals surface area contributed by atoms with Crippen molar-refractivity contribution in [2.75, 3.05) is 6.61 Å². The van der Waals surface area contributed by atoms with Crippen LogP contribution in [-0.2, 0) is 29.2 Å². The van der Waals surface area contributed by atoms with Crippen LogP contribution in [0.1, 0.15) is 26.2 Å². The Hall–Kier alpha value is -2.15. The Morgan fingerprint density at radius 2 is 1.53 bits per heavy atom. The number of alkyl halides is 10. The number of carbonyl (C=O) groups excluding carboxylic acids is 2. The van der Waals surface area contributed by atoms with Gasteiger partial charge in [0.1, 0.15) is 6.04 Å². The fourth-order valence-electron chi connectivity index (χ4n) is 1.97. The van der Waals surface area contributed by atoms with Crippen molar-refractivity contribution in [1.29, 1.82) is 0 Å². The first-order chi connectivity index (χ1) is 15.0. The van der Waals surface area contributed by atoms with Gasteiger partial charge in [-0.3, -0.25) is 9.35 Å². The summed E-state index contributed by atoms with van der Waals surface area (Å²) in [6.45, 7) is 1.48. The van der Waals surface area contributed by atoms with Crippen LogP contribution in [0.3, 0.4) is 0 Å². The molecule has 19 heteroatoms. The number of ether oxygens (including phenoxy) is 2. The molecule has 0 aromatic heterocycles. The summed E-state index contributed by atoms with van der Waals surface area (Å²) in [5.41, 5.74) is 0. The average molecular weight is 545 g/mol. The lowest BCUT2D eigenvalue weighted by molar-refractivity contribution is -0.347. The topological polar surface area (TPSA) is 119 Å². The summed E-state index contributed by atoms with van der Waals surface area (Å²) in [5, 5.41) is -5.09. The van der Waals surface area contributed by atoms with E-state index in [4.69, 9.17) is 4.55 Å². The quantitative estimate of drug-likeness (QED) is 0.0965. The van der Waals surface area contributed by atoms with Gasteiger partial charge >= 0.3 is 51.3 Å². The Bertz CT molecular complexity index is 857. The number of hydrogen-bond donors (Lipinski definition) is 2. The fourth-order valence-corrected chi connectivity index (χ4v) is 2.45. The smallest absolute Gasteiger partial charge is 0.412 e. The molecule has 2 unspecified atom stereocenters. The summed E-state index contributed by atoms with van der Waals surface area (Å²) < 4.78 is 168. The molecule has 0 bridgehead atoms. The molecule has 2 atom stereocenters. The normalized spacial score (nSPS) is 16.4. The molecular formula is C15H17F10NO7S. The third kappa shape index (κ3) is 7.42. The van der Waals surface area contributed by atoms with E-state index >= 15 is 0 Å². The van der Waals surface area contributed by atoms with E-state index in [1.54, 1.807) is 0 Å². The predicted octanol–water partition coefficient (Wildman–Crippen LogP) is 3.34. The van der Waals surface area contributed by atoms with Crippen LogP contribution in [0.15, 0.2) is 12.7 Å². The van der Waals surface area contributed by atoms with Gasteiger partial charge in [0.05, 0.1) is 6.61 Å². The van der Waals surface area contributed by atoms with Crippen molar-refractivity contribution in [3.8, 4) is 0 Å². The zero-order chi connectivity index (χ0) is 27.4. The van der Waals surface area contributed by atoms with Crippen molar-refractivity contribution in [2.24, 2.45) is 0 Å². The van der Waals surface area contributed by atoms with Crippen LogP contribution >= 0.6 is 0 Å². The maximum Gasteiger partial charge on any atom is 0.466 e. The highest BCUT2D eigenvalue weighted by molar-refractivity contribution is 7.87. The summed E-state index contributed by atoms with van der Waals surface area (Å²) in [4.78, 5) is 23.3. The molecule has 34 heavy (non-hydrogen) atoms. The second-order valence-corrected chi connectivity index (χ2v) is 7.94. The van der Waals surface area contributed by atoms with Gasteiger partial charge in [0.25, 0.3) is 0 Å². The minimum atomic E-state index is -6.57. The van der Waals surface area contributed by atoms with E-state index in [2.05, 4.69) is 16.1 Å². The lowest BCUT2D eigenvalue weighted by atomic mass is 10.1. The van der Waals surface area contributed by atoms with E-state index < -0.39 is 83.2 Å². The van der Waals surface area contributed by atoms with Gasteiger partial charge in [0.15, 0.2) is 0 Å². The Morgan fingerprint density at radius 1 is 1.03 bits per heavy atom. The molecule has 1 amide bonds. The monoisotopic (exact) mass is 545 g/mol. The van der Waals surface area contributed by atoms with Gasteiger partial charge in [0.2, 0.25) is 0 Å². The summed E-state index contributed by atoms with van der Waals surface area (Å²) in [7, 11) is -6.57. The standard InChI is InChI=1S/C15H17F10NO7S/c1-3-9(27)33-12(14(21,22)23,10(28)26-8(2)13(18,19)20)32-7-5-4-6-11(16,17)15(24,25)34(29,30)31/h3,8H,1,4-7H2,2H3,(H,26,28)(H,29,30,31). The third-order valence-electron chi connectivity index (χ3n) is 3.86. The number of amides is 1.